The Kier molecular flexibility index (Phi) is 2.27. The molecule has 0 saturated heterocycles. The van der Waals surface area contributed by atoms with Crippen LogP contribution in [-0.2, 0) is 0 Å². The Balaban J connectivity index is 2.37. The van der Waals surface area contributed by atoms with Crippen molar-refractivity contribution in [3.63, 3.8) is 0 Å². The number of aromatic amines is 1. The van der Waals surface area contributed by atoms with Crippen molar-refractivity contribution in [3.8, 4) is 5.88 Å². The van der Waals surface area contributed by atoms with Gasteiger partial charge in [-0.25, -0.2) is 9.97 Å². The molecule has 2 aromatic rings. The molecule has 0 unspecified atom stereocenters. The third-order valence-corrected chi connectivity index (χ3v) is 1.68. The van der Waals surface area contributed by atoms with E-state index in [1.807, 2.05) is 0 Å². The van der Waals surface area contributed by atoms with Gasteiger partial charge in [-0.1, -0.05) is 0 Å². The van der Waals surface area contributed by atoms with Gasteiger partial charge < -0.3 is 4.74 Å². The summed E-state index contributed by atoms with van der Waals surface area (Å²) in [6, 6.07) is 0. The number of ether oxygens (including phenoxy) is 1. The third-order valence-electron chi connectivity index (χ3n) is 1.53. The zero-order valence-electron chi connectivity index (χ0n) is 6.70. The number of H-pyrrole nitrogens is 1. The highest BCUT2D eigenvalue weighted by Gasteiger charge is 2.05. The highest BCUT2D eigenvalue weighted by Crippen LogP contribution is 2.17. The summed E-state index contributed by atoms with van der Waals surface area (Å²) < 4.78 is 5.28. The maximum Gasteiger partial charge on any atom is 0.227 e. The minimum atomic E-state index is 0.429. The molecule has 2 heterocycles. The smallest absolute Gasteiger partial charge is 0.227 e. The molecular formula is C7H7ClN4O. The maximum atomic E-state index is 5.48. The van der Waals surface area contributed by atoms with Crippen LogP contribution >= 0.6 is 11.6 Å². The molecule has 0 radical (unpaired) electrons. The first-order valence-corrected chi connectivity index (χ1v) is 4.28. The first-order valence-electron chi connectivity index (χ1n) is 3.74. The van der Waals surface area contributed by atoms with E-state index in [0.29, 0.717) is 24.0 Å². The van der Waals surface area contributed by atoms with Gasteiger partial charge in [-0.2, -0.15) is 5.10 Å². The van der Waals surface area contributed by atoms with Gasteiger partial charge in [0, 0.05) is 0 Å². The lowest BCUT2D eigenvalue weighted by Crippen LogP contribution is -2.00. The summed E-state index contributed by atoms with van der Waals surface area (Å²) in [4.78, 5) is 7.93. The van der Waals surface area contributed by atoms with Crippen molar-refractivity contribution in [2.45, 2.75) is 0 Å². The molecule has 5 nitrogen and oxygen atoms in total. The fourth-order valence-corrected chi connectivity index (χ4v) is 1.07. The molecule has 2 rings (SSSR count). The number of hydrogen-bond donors (Lipinski definition) is 1. The van der Waals surface area contributed by atoms with Gasteiger partial charge in [0.05, 0.1) is 12.1 Å². The van der Waals surface area contributed by atoms with Crippen molar-refractivity contribution < 1.29 is 4.74 Å². The molecule has 0 aliphatic rings. The van der Waals surface area contributed by atoms with E-state index < -0.39 is 0 Å². The van der Waals surface area contributed by atoms with Crippen LogP contribution in [0.2, 0.25) is 0 Å². The summed E-state index contributed by atoms with van der Waals surface area (Å²) in [6.45, 7) is 0.429. The Labute approximate surface area is 79.1 Å². The summed E-state index contributed by atoms with van der Waals surface area (Å²) in [5.41, 5.74) is 0.666. The third kappa shape index (κ3) is 1.55. The molecule has 13 heavy (non-hydrogen) atoms. The molecule has 2 aromatic heterocycles. The molecule has 0 spiro atoms. The molecule has 6 heteroatoms. The molecule has 68 valence electrons. The topological polar surface area (TPSA) is 63.7 Å². The summed E-state index contributed by atoms with van der Waals surface area (Å²) in [5.74, 6) is 0.947. The lowest BCUT2D eigenvalue weighted by atomic mass is 10.4. The number of nitrogens with zero attached hydrogens (tertiary/aromatic N) is 3. The number of nitrogens with one attached hydrogen (secondary N) is 1. The Morgan fingerprint density at radius 1 is 1.46 bits per heavy atom. The molecular weight excluding hydrogens is 192 g/mol. The first kappa shape index (κ1) is 8.25. The van der Waals surface area contributed by atoms with Crippen LogP contribution in [0.5, 0.6) is 5.88 Å². The summed E-state index contributed by atoms with van der Waals surface area (Å²) in [7, 11) is 0. The minimum absolute atomic E-state index is 0.429. The number of halogens is 1. The number of rotatable bonds is 3. The molecule has 0 bridgehead atoms. The Bertz CT molecular complexity index is 402. The molecule has 0 fully saturated rings. The first-order chi connectivity index (χ1) is 6.42. The van der Waals surface area contributed by atoms with Gasteiger partial charge in [0.25, 0.3) is 0 Å². The SMILES string of the molecule is ClCCOc1ncnc2[nH]ncc12. The predicted molar refractivity (Wildman–Crippen MR) is 47.9 cm³/mol. The molecule has 0 atom stereocenters. The Morgan fingerprint density at radius 3 is 3.23 bits per heavy atom. The number of hydrogen-bond acceptors (Lipinski definition) is 4. The van der Waals surface area contributed by atoms with E-state index in [0.717, 1.165) is 5.39 Å². The van der Waals surface area contributed by atoms with Crippen molar-refractivity contribution in [1.29, 1.82) is 0 Å². The van der Waals surface area contributed by atoms with Gasteiger partial charge >= 0.3 is 0 Å². The largest absolute Gasteiger partial charge is 0.476 e. The van der Waals surface area contributed by atoms with Crippen molar-refractivity contribution in [2.75, 3.05) is 12.5 Å². The van der Waals surface area contributed by atoms with Gasteiger partial charge in [0.2, 0.25) is 5.88 Å². The van der Waals surface area contributed by atoms with E-state index in [2.05, 4.69) is 20.2 Å². The number of aromatic nitrogens is 4. The van der Waals surface area contributed by atoms with Crippen LogP contribution in [0.1, 0.15) is 0 Å². The molecule has 0 aromatic carbocycles. The van der Waals surface area contributed by atoms with Crippen LogP contribution in [0.3, 0.4) is 0 Å². The van der Waals surface area contributed by atoms with Gasteiger partial charge in [-0.15, -0.1) is 11.6 Å². The van der Waals surface area contributed by atoms with Crippen LogP contribution < -0.4 is 4.74 Å². The zero-order chi connectivity index (χ0) is 9.10. The van der Waals surface area contributed by atoms with Crippen LogP contribution in [0.25, 0.3) is 11.0 Å². The Hall–Kier alpha value is -1.36. The van der Waals surface area contributed by atoms with E-state index in [4.69, 9.17) is 16.3 Å². The molecule has 0 aliphatic heterocycles. The standard InChI is InChI=1S/C7H7ClN4O/c8-1-2-13-7-5-3-11-12-6(5)9-4-10-7/h3-4H,1-2H2,(H,9,10,11,12). The van der Waals surface area contributed by atoms with Crippen LogP contribution in [0.15, 0.2) is 12.5 Å². The van der Waals surface area contributed by atoms with Gasteiger partial charge in [-0.3, -0.25) is 5.10 Å². The highest BCUT2D eigenvalue weighted by atomic mass is 35.5. The van der Waals surface area contributed by atoms with E-state index in [-0.39, 0.29) is 0 Å². The van der Waals surface area contributed by atoms with Crippen molar-refractivity contribution in [1.82, 2.24) is 20.2 Å². The summed E-state index contributed by atoms with van der Waals surface area (Å²) >= 11 is 5.48. The van der Waals surface area contributed by atoms with E-state index in [1.165, 1.54) is 6.33 Å². The fourth-order valence-electron chi connectivity index (χ4n) is 0.993. The molecule has 0 saturated carbocycles. The minimum Gasteiger partial charge on any atom is -0.476 e. The predicted octanol–water partition coefficient (Wildman–Crippen LogP) is 0.970. The monoisotopic (exact) mass is 198 g/mol. The van der Waals surface area contributed by atoms with E-state index in [9.17, 15) is 0 Å². The number of alkyl halides is 1. The van der Waals surface area contributed by atoms with Gasteiger partial charge in [0.15, 0.2) is 5.65 Å². The average molecular weight is 199 g/mol. The second kappa shape index (κ2) is 3.57. The number of fused-ring (bicyclic) bond motifs is 1. The Morgan fingerprint density at radius 2 is 2.38 bits per heavy atom. The van der Waals surface area contributed by atoms with Gasteiger partial charge in [-0.05, 0) is 0 Å². The van der Waals surface area contributed by atoms with Crippen LogP contribution in [0, 0.1) is 0 Å². The van der Waals surface area contributed by atoms with Crippen molar-refractivity contribution in [2.24, 2.45) is 0 Å². The second-order valence-corrected chi connectivity index (χ2v) is 2.73. The quantitative estimate of drug-likeness (QED) is 0.747. The van der Waals surface area contributed by atoms with E-state index in [1.54, 1.807) is 6.20 Å². The van der Waals surface area contributed by atoms with E-state index >= 15 is 0 Å². The van der Waals surface area contributed by atoms with Crippen molar-refractivity contribution in [3.05, 3.63) is 12.5 Å². The average Bonchev–Trinajstić information content (AvgIpc) is 2.62. The van der Waals surface area contributed by atoms with Crippen LogP contribution in [-0.4, -0.2) is 32.7 Å². The second-order valence-electron chi connectivity index (χ2n) is 2.35. The lowest BCUT2D eigenvalue weighted by Gasteiger charge is -2.01. The molecule has 0 aliphatic carbocycles. The fraction of sp³-hybridized carbons (Fsp3) is 0.286. The highest BCUT2D eigenvalue weighted by molar-refractivity contribution is 6.18. The maximum absolute atomic E-state index is 5.48. The molecule has 0 amide bonds. The normalized spacial score (nSPS) is 10.5. The molecule has 1 N–H and O–H groups in total. The van der Waals surface area contributed by atoms with Crippen LogP contribution in [0.4, 0.5) is 0 Å². The summed E-state index contributed by atoms with van der Waals surface area (Å²) in [6.07, 6.45) is 3.04. The summed E-state index contributed by atoms with van der Waals surface area (Å²) in [5, 5.41) is 7.32. The van der Waals surface area contributed by atoms with Crippen molar-refractivity contribution >= 4 is 22.6 Å². The lowest BCUT2D eigenvalue weighted by molar-refractivity contribution is 0.333. The van der Waals surface area contributed by atoms with Gasteiger partial charge in [0.1, 0.15) is 18.3 Å². The zero-order valence-corrected chi connectivity index (χ0v) is 7.45.